The predicted octanol–water partition coefficient (Wildman–Crippen LogP) is 3.42. The molecule has 1 aliphatic heterocycles. The number of anilines is 1. The molecule has 0 spiro atoms. The molecule has 1 aromatic carbocycles. The molecule has 0 aromatic heterocycles. The molecule has 1 heterocycles. The molecule has 0 unspecified atom stereocenters. The summed E-state index contributed by atoms with van der Waals surface area (Å²) in [5.41, 5.74) is 0.592. The van der Waals surface area contributed by atoms with Crippen molar-refractivity contribution in [2.24, 2.45) is 5.92 Å². The average molecular weight is 360 g/mol. The van der Waals surface area contributed by atoms with Crippen LogP contribution in [0.15, 0.2) is 24.3 Å². The van der Waals surface area contributed by atoms with E-state index in [0.29, 0.717) is 24.3 Å². The van der Waals surface area contributed by atoms with E-state index in [2.05, 4.69) is 10.6 Å². The van der Waals surface area contributed by atoms with Crippen LogP contribution in [0.5, 0.6) is 5.75 Å². The van der Waals surface area contributed by atoms with Gasteiger partial charge in [0.05, 0.1) is 0 Å². The largest absolute Gasteiger partial charge is 0.425 e. The van der Waals surface area contributed by atoms with Gasteiger partial charge in [-0.1, -0.05) is 39.2 Å². The summed E-state index contributed by atoms with van der Waals surface area (Å²) in [5, 5.41) is 5.62. The van der Waals surface area contributed by atoms with Crippen LogP contribution in [0.25, 0.3) is 0 Å². The lowest BCUT2D eigenvalue weighted by molar-refractivity contribution is -0.140. The summed E-state index contributed by atoms with van der Waals surface area (Å²) >= 11 is 0. The summed E-state index contributed by atoms with van der Waals surface area (Å²) in [4.78, 5) is 36.6. The molecule has 1 aromatic rings. The number of esters is 1. The Morgan fingerprint density at radius 1 is 0.962 bits per heavy atom. The molecule has 2 amide bonds. The number of ether oxygens (including phenoxy) is 1. The molecular weight excluding hydrogens is 332 g/mol. The van der Waals surface area contributed by atoms with Gasteiger partial charge in [-0.3, -0.25) is 9.59 Å². The van der Waals surface area contributed by atoms with E-state index in [4.69, 9.17) is 4.74 Å². The molecule has 142 valence electrons. The maximum atomic E-state index is 12.5. The van der Waals surface area contributed by atoms with E-state index in [1.165, 1.54) is 0 Å². The second kappa shape index (κ2) is 9.94. The van der Waals surface area contributed by atoms with Gasteiger partial charge in [0.1, 0.15) is 11.8 Å². The van der Waals surface area contributed by atoms with Crippen molar-refractivity contribution in [3.05, 3.63) is 24.3 Å². The highest BCUT2D eigenvalue weighted by atomic mass is 16.5. The SMILES string of the molecule is CC(C)[C@@H]1NC(=O)CCCCCCCC(=O)Nc2cccc(c2)OC1=O. The Bertz CT molecular complexity index is 642. The zero-order chi connectivity index (χ0) is 18.9. The molecule has 0 saturated carbocycles. The molecule has 0 saturated heterocycles. The first-order chi connectivity index (χ1) is 12.5. The Morgan fingerprint density at radius 3 is 2.31 bits per heavy atom. The summed E-state index contributed by atoms with van der Waals surface area (Å²) in [5.74, 6) is -0.417. The van der Waals surface area contributed by atoms with Gasteiger partial charge >= 0.3 is 5.97 Å². The van der Waals surface area contributed by atoms with Gasteiger partial charge in [0, 0.05) is 24.6 Å². The van der Waals surface area contributed by atoms with E-state index in [-0.39, 0.29) is 17.7 Å². The minimum absolute atomic E-state index is 0.0466. The molecule has 2 N–H and O–H groups in total. The van der Waals surface area contributed by atoms with Crippen LogP contribution in [-0.4, -0.2) is 23.8 Å². The molecule has 0 aliphatic carbocycles. The number of hydrogen-bond acceptors (Lipinski definition) is 4. The van der Waals surface area contributed by atoms with Gasteiger partial charge in [-0.25, -0.2) is 4.79 Å². The van der Waals surface area contributed by atoms with Crippen molar-refractivity contribution in [3.8, 4) is 5.75 Å². The highest BCUT2D eigenvalue weighted by Gasteiger charge is 2.26. The number of carbonyl (C=O) groups excluding carboxylic acids is 3. The van der Waals surface area contributed by atoms with Crippen molar-refractivity contribution in [1.29, 1.82) is 0 Å². The first-order valence-electron chi connectivity index (χ1n) is 9.36. The Kier molecular flexibility index (Phi) is 7.63. The van der Waals surface area contributed by atoms with E-state index < -0.39 is 12.0 Å². The Balaban J connectivity index is 2.15. The van der Waals surface area contributed by atoms with Crippen LogP contribution in [0.2, 0.25) is 0 Å². The topological polar surface area (TPSA) is 84.5 Å². The standard InChI is InChI=1S/C20H28N2O4/c1-14(2)19-20(25)26-16-10-8-9-15(13-16)21-17(23)11-6-4-3-5-7-12-18(24)22-19/h8-10,13-14,19H,3-7,11-12H2,1-2H3,(H,21,23)(H,22,24)/t19-/m0/s1. The minimum Gasteiger partial charge on any atom is -0.425 e. The summed E-state index contributed by atoms with van der Waals surface area (Å²) in [7, 11) is 0. The zero-order valence-electron chi connectivity index (χ0n) is 15.5. The van der Waals surface area contributed by atoms with Crippen LogP contribution < -0.4 is 15.4 Å². The fourth-order valence-electron chi connectivity index (χ4n) is 2.89. The maximum Gasteiger partial charge on any atom is 0.334 e. The average Bonchev–Trinajstić information content (AvgIpc) is 2.58. The first-order valence-corrected chi connectivity index (χ1v) is 9.36. The molecule has 1 atom stereocenters. The van der Waals surface area contributed by atoms with Gasteiger partial charge in [0.15, 0.2) is 0 Å². The molecule has 0 radical (unpaired) electrons. The van der Waals surface area contributed by atoms with Gasteiger partial charge in [0.25, 0.3) is 0 Å². The maximum absolute atomic E-state index is 12.5. The summed E-state index contributed by atoms with van der Waals surface area (Å²) in [6.45, 7) is 3.73. The van der Waals surface area contributed by atoms with Crippen LogP contribution in [0, 0.1) is 5.92 Å². The van der Waals surface area contributed by atoms with E-state index in [9.17, 15) is 14.4 Å². The Hall–Kier alpha value is -2.37. The molecule has 6 nitrogen and oxygen atoms in total. The highest BCUT2D eigenvalue weighted by Crippen LogP contribution is 2.19. The van der Waals surface area contributed by atoms with Gasteiger partial charge < -0.3 is 15.4 Å². The fourth-order valence-corrected chi connectivity index (χ4v) is 2.89. The number of benzene rings is 1. The monoisotopic (exact) mass is 360 g/mol. The normalized spacial score (nSPS) is 20.7. The van der Waals surface area contributed by atoms with Gasteiger partial charge in [0.2, 0.25) is 11.8 Å². The summed E-state index contributed by atoms with van der Waals surface area (Å²) in [6.07, 6.45) is 5.34. The van der Waals surface area contributed by atoms with E-state index in [1.807, 2.05) is 13.8 Å². The molecule has 1 aliphatic rings. The molecule has 0 fully saturated rings. The second-order valence-electron chi connectivity index (χ2n) is 7.05. The van der Waals surface area contributed by atoms with Crippen LogP contribution in [-0.2, 0) is 14.4 Å². The Labute approximate surface area is 154 Å². The first kappa shape index (κ1) is 19.9. The van der Waals surface area contributed by atoms with Crippen molar-refractivity contribution < 1.29 is 19.1 Å². The van der Waals surface area contributed by atoms with Crippen molar-refractivity contribution >= 4 is 23.5 Å². The number of hydrogen-bond donors (Lipinski definition) is 2. The number of nitrogens with one attached hydrogen (secondary N) is 2. The molecule has 6 heteroatoms. The third-order valence-electron chi connectivity index (χ3n) is 4.38. The van der Waals surface area contributed by atoms with Crippen LogP contribution in [0.3, 0.4) is 0 Å². The lowest BCUT2D eigenvalue weighted by atomic mass is 10.0. The van der Waals surface area contributed by atoms with Crippen molar-refractivity contribution in [3.63, 3.8) is 0 Å². The van der Waals surface area contributed by atoms with Crippen molar-refractivity contribution in [2.45, 2.75) is 64.8 Å². The highest BCUT2D eigenvalue weighted by molar-refractivity contribution is 5.91. The number of carbonyl (C=O) groups is 3. The van der Waals surface area contributed by atoms with Crippen molar-refractivity contribution in [2.75, 3.05) is 5.32 Å². The second-order valence-corrected chi connectivity index (χ2v) is 7.05. The van der Waals surface area contributed by atoms with Crippen molar-refractivity contribution in [1.82, 2.24) is 5.32 Å². The fraction of sp³-hybridized carbons (Fsp3) is 0.550. The third-order valence-corrected chi connectivity index (χ3v) is 4.38. The van der Waals surface area contributed by atoms with Crippen LogP contribution >= 0.6 is 0 Å². The van der Waals surface area contributed by atoms with Crippen LogP contribution in [0.1, 0.15) is 58.8 Å². The van der Waals surface area contributed by atoms with E-state index in [1.54, 1.807) is 24.3 Å². The molecule has 26 heavy (non-hydrogen) atoms. The van der Waals surface area contributed by atoms with Gasteiger partial charge in [-0.05, 0) is 30.9 Å². The van der Waals surface area contributed by atoms with Gasteiger partial charge in [-0.15, -0.1) is 0 Å². The molecule has 2 bridgehead atoms. The lowest BCUT2D eigenvalue weighted by Gasteiger charge is -2.21. The number of rotatable bonds is 1. The van der Waals surface area contributed by atoms with E-state index >= 15 is 0 Å². The third kappa shape index (κ3) is 6.50. The predicted molar refractivity (Wildman–Crippen MR) is 99.8 cm³/mol. The Morgan fingerprint density at radius 2 is 1.62 bits per heavy atom. The smallest absolute Gasteiger partial charge is 0.334 e. The zero-order valence-corrected chi connectivity index (χ0v) is 15.5. The minimum atomic E-state index is -0.698. The van der Waals surface area contributed by atoms with Crippen LogP contribution in [0.4, 0.5) is 5.69 Å². The lowest BCUT2D eigenvalue weighted by Crippen LogP contribution is -2.46. The van der Waals surface area contributed by atoms with E-state index in [0.717, 1.165) is 32.1 Å². The summed E-state index contributed by atoms with van der Waals surface area (Å²) < 4.78 is 5.43. The summed E-state index contributed by atoms with van der Waals surface area (Å²) in [6, 6.07) is 6.05. The molecular formula is C20H28N2O4. The number of amides is 2. The number of fused-ring (bicyclic) bond motifs is 2. The quantitative estimate of drug-likeness (QED) is 0.594. The molecule has 2 rings (SSSR count). The van der Waals surface area contributed by atoms with Gasteiger partial charge in [-0.2, -0.15) is 0 Å².